The zero-order valence-electron chi connectivity index (χ0n) is 22.7. The lowest BCUT2D eigenvalue weighted by molar-refractivity contribution is -0.673. The summed E-state index contributed by atoms with van der Waals surface area (Å²) in [6.07, 6.45) is 0. The van der Waals surface area contributed by atoms with Gasteiger partial charge in [-0.15, -0.1) is 0 Å². The fraction of sp³-hybridized carbons (Fsp3) is 0.242. The molecule has 0 saturated heterocycles. The molecule has 6 aromatic rings. The van der Waals surface area contributed by atoms with Crippen molar-refractivity contribution in [2.45, 2.75) is 19.7 Å². The monoisotopic (exact) mass is 533 g/mol. The topological polar surface area (TPSA) is 62.3 Å². The minimum Gasteiger partial charge on any atom is -0.382 e. The van der Waals surface area contributed by atoms with E-state index in [1.807, 2.05) is 24.3 Å². The van der Waals surface area contributed by atoms with Crippen LogP contribution in [-0.2, 0) is 33.9 Å². The third-order valence-corrected chi connectivity index (χ3v) is 7.07. The fourth-order valence-corrected chi connectivity index (χ4v) is 5.10. The molecule has 0 saturated carbocycles. The molecule has 0 radical (unpaired) electrons. The number of fused-ring (bicyclic) bond motifs is 3. The van der Waals surface area contributed by atoms with Crippen molar-refractivity contribution in [1.29, 1.82) is 0 Å². The average molecular weight is 534 g/mol. The summed E-state index contributed by atoms with van der Waals surface area (Å²) in [5.41, 5.74) is 6.26. The van der Waals surface area contributed by atoms with E-state index in [2.05, 4.69) is 81.9 Å². The van der Waals surface area contributed by atoms with E-state index in [0.717, 1.165) is 50.1 Å². The molecule has 3 aromatic heterocycles. The van der Waals surface area contributed by atoms with Crippen LogP contribution >= 0.6 is 0 Å². The van der Waals surface area contributed by atoms with Gasteiger partial charge in [-0.1, -0.05) is 60.7 Å². The van der Waals surface area contributed by atoms with Crippen molar-refractivity contribution >= 4 is 32.8 Å². The number of nitrogens with zero attached hydrogens (tertiary/aromatic N) is 4. The van der Waals surface area contributed by atoms with Crippen LogP contribution in [0.25, 0.3) is 32.8 Å². The quantitative estimate of drug-likeness (QED) is 0.158. The van der Waals surface area contributed by atoms with Crippen molar-refractivity contribution in [3.63, 3.8) is 0 Å². The first kappa shape index (κ1) is 26.1. The highest BCUT2D eigenvalue weighted by molar-refractivity contribution is 5.79. The van der Waals surface area contributed by atoms with Crippen LogP contribution in [-0.4, -0.2) is 48.1 Å². The van der Waals surface area contributed by atoms with Gasteiger partial charge >= 0.3 is 0 Å². The standard InChI is InChI=1S/C33H33N4O3/c1-38-18-19-39-20-21-40-24-33-36(22-27-16-14-25-8-2-4-10-29(25)34-27)31-12-6-7-13-32(31)37(33)23-28-17-15-26-9-3-5-11-30(26)35-28/h2-17H,18-24H2,1H3/q+1. The van der Waals surface area contributed by atoms with Gasteiger partial charge in [0, 0.05) is 17.9 Å². The maximum Gasteiger partial charge on any atom is 0.284 e. The second-order valence-corrected chi connectivity index (χ2v) is 9.73. The fourth-order valence-electron chi connectivity index (χ4n) is 5.10. The number of methoxy groups -OCH3 is 1. The van der Waals surface area contributed by atoms with E-state index < -0.39 is 0 Å². The molecular weight excluding hydrogens is 500 g/mol. The summed E-state index contributed by atoms with van der Waals surface area (Å²) in [5.74, 6) is 1.06. The van der Waals surface area contributed by atoms with Crippen LogP contribution in [0, 0.1) is 0 Å². The Hall–Kier alpha value is -4.17. The van der Waals surface area contributed by atoms with Gasteiger partial charge in [0.2, 0.25) is 0 Å². The van der Waals surface area contributed by atoms with Crippen LogP contribution in [0.1, 0.15) is 17.2 Å². The zero-order valence-corrected chi connectivity index (χ0v) is 22.7. The normalized spacial score (nSPS) is 11.6. The lowest BCUT2D eigenvalue weighted by Gasteiger charge is -2.09. The largest absolute Gasteiger partial charge is 0.382 e. The molecule has 0 bridgehead atoms. The van der Waals surface area contributed by atoms with Crippen LogP contribution in [0.2, 0.25) is 0 Å². The van der Waals surface area contributed by atoms with Crippen molar-refractivity contribution < 1.29 is 18.8 Å². The molecular formula is C33H33N4O3+. The third kappa shape index (κ3) is 5.72. The van der Waals surface area contributed by atoms with E-state index in [4.69, 9.17) is 24.2 Å². The minimum absolute atomic E-state index is 0.434. The summed E-state index contributed by atoms with van der Waals surface area (Å²) in [6, 6.07) is 33.5. The van der Waals surface area contributed by atoms with Gasteiger partial charge in [-0.3, -0.25) is 0 Å². The molecule has 0 spiro atoms. The summed E-state index contributed by atoms with van der Waals surface area (Å²) >= 11 is 0. The van der Waals surface area contributed by atoms with E-state index in [1.54, 1.807) is 7.11 Å². The number of benzene rings is 3. The molecule has 0 aliphatic rings. The molecule has 6 rings (SSSR count). The summed E-state index contributed by atoms with van der Waals surface area (Å²) in [7, 11) is 1.67. The Morgan fingerprint density at radius 1 is 0.650 bits per heavy atom. The molecule has 0 unspecified atom stereocenters. The lowest BCUT2D eigenvalue weighted by Crippen LogP contribution is -2.39. The molecule has 0 aliphatic heterocycles. The van der Waals surface area contributed by atoms with E-state index in [9.17, 15) is 0 Å². The van der Waals surface area contributed by atoms with Crippen molar-refractivity contribution in [2.24, 2.45) is 0 Å². The number of imidazole rings is 1. The number of hydrogen-bond acceptors (Lipinski definition) is 5. The molecule has 0 aliphatic carbocycles. The number of pyridine rings is 2. The molecule has 0 N–H and O–H groups in total. The predicted molar refractivity (Wildman–Crippen MR) is 156 cm³/mol. The van der Waals surface area contributed by atoms with Gasteiger partial charge in [0.15, 0.2) is 11.0 Å². The van der Waals surface area contributed by atoms with Crippen molar-refractivity contribution in [3.8, 4) is 0 Å². The van der Waals surface area contributed by atoms with Gasteiger partial charge in [0.1, 0.15) is 19.7 Å². The first-order chi connectivity index (χ1) is 19.8. The maximum absolute atomic E-state index is 6.18. The van der Waals surface area contributed by atoms with E-state index in [-0.39, 0.29) is 0 Å². The SMILES string of the molecule is COCCOCCOCc1n(Cc2ccc3ccccc3n2)c2ccccc2[n+]1Cc1ccc2ccccc2n1. The molecule has 3 aromatic carbocycles. The number of rotatable bonds is 12. The number of para-hydroxylation sites is 4. The van der Waals surface area contributed by atoms with Crippen molar-refractivity contribution in [3.05, 3.63) is 114 Å². The summed E-state index contributed by atoms with van der Waals surface area (Å²) in [5, 5.41) is 2.27. The number of ether oxygens (including phenoxy) is 3. The Bertz CT molecular complexity index is 1630. The second kappa shape index (κ2) is 12.3. The van der Waals surface area contributed by atoms with Crippen LogP contribution in [0.15, 0.2) is 97.1 Å². The average Bonchev–Trinajstić information content (AvgIpc) is 3.28. The number of hydrogen-bond donors (Lipinski definition) is 0. The van der Waals surface area contributed by atoms with Gasteiger partial charge in [-0.25, -0.2) is 19.1 Å². The number of aromatic nitrogens is 4. The Morgan fingerprint density at radius 2 is 1.27 bits per heavy atom. The Kier molecular flexibility index (Phi) is 8.05. The maximum atomic E-state index is 6.18. The van der Waals surface area contributed by atoms with Gasteiger partial charge in [-0.05, 0) is 36.4 Å². The first-order valence-corrected chi connectivity index (χ1v) is 13.6. The van der Waals surface area contributed by atoms with Crippen LogP contribution in [0.5, 0.6) is 0 Å². The van der Waals surface area contributed by atoms with Crippen molar-refractivity contribution in [2.75, 3.05) is 33.5 Å². The first-order valence-electron chi connectivity index (χ1n) is 13.6. The third-order valence-electron chi connectivity index (χ3n) is 7.07. The Labute approximate surface area is 233 Å². The highest BCUT2D eigenvalue weighted by Crippen LogP contribution is 2.20. The molecule has 7 heteroatoms. The van der Waals surface area contributed by atoms with Crippen LogP contribution in [0.4, 0.5) is 0 Å². The molecule has 0 amide bonds. The van der Waals surface area contributed by atoms with Crippen LogP contribution in [0.3, 0.4) is 0 Å². The Balaban J connectivity index is 1.36. The lowest BCUT2D eigenvalue weighted by atomic mass is 10.2. The van der Waals surface area contributed by atoms with E-state index in [0.29, 0.717) is 46.1 Å². The van der Waals surface area contributed by atoms with E-state index in [1.165, 1.54) is 0 Å². The summed E-state index contributed by atoms with van der Waals surface area (Å²) < 4.78 is 21.5. The highest BCUT2D eigenvalue weighted by Gasteiger charge is 2.26. The van der Waals surface area contributed by atoms with E-state index >= 15 is 0 Å². The predicted octanol–water partition coefficient (Wildman–Crippen LogP) is 5.30. The molecule has 0 fully saturated rings. The smallest absolute Gasteiger partial charge is 0.284 e. The minimum atomic E-state index is 0.434. The van der Waals surface area contributed by atoms with Gasteiger partial charge in [-0.2, -0.15) is 0 Å². The molecule has 40 heavy (non-hydrogen) atoms. The molecule has 3 heterocycles. The molecule has 7 nitrogen and oxygen atoms in total. The molecule has 0 atom stereocenters. The molecule has 202 valence electrons. The van der Waals surface area contributed by atoms with Gasteiger partial charge in [0.05, 0.1) is 48.8 Å². The van der Waals surface area contributed by atoms with Gasteiger partial charge in [0.25, 0.3) is 5.82 Å². The summed E-state index contributed by atoms with van der Waals surface area (Å²) in [6.45, 7) is 3.84. The Morgan fingerprint density at radius 3 is 2.05 bits per heavy atom. The van der Waals surface area contributed by atoms with Crippen molar-refractivity contribution in [1.82, 2.24) is 14.5 Å². The zero-order chi connectivity index (χ0) is 27.1. The van der Waals surface area contributed by atoms with Crippen LogP contribution < -0.4 is 4.57 Å². The van der Waals surface area contributed by atoms with Gasteiger partial charge < -0.3 is 14.2 Å². The summed E-state index contributed by atoms with van der Waals surface area (Å²) in [4.78, 5) is 9.94. The second-order valence-electron chi connectivity index (χ2n) is 9.73. The highest BCUT2D eigenvalue weighted by atomic mass is 16.5.